The number of rotatable bonds is 2. The number of carbonyl (C=O) groups excluding carboxylic acids is 1. The lowest BCUT2D eigenvalue weighted by atomic mass is 10.2. The van der Waals surface area contributed by atoms with Crippen molar-refractivity contribution >= 4 is 46.4 Å². The third-order valence-corrected chi connectivity index (χ3v) is 3.29. The summed E-state index contributed by atoms with van der Waals surface area (Å²) in [7, 11) is 0. The van der Waals surface area contributed by atoms with Gasteiger partial charge in [0.05, 0.1) is 15.6 Å². The van der Waals surface area contributed by atoms with Crippen LogP contribution in [0.3, 0.4) is 0 Å². The molecule has 0 saturated heterocycles. The first-order chi connectivity index (χ1) is 9.38. The van der Waals surface area contributed by atoms with Crippen molar-refractivity contribution in [3.05, 3.63) is 51.0 Å². The molecule has 0 unspecified atom stereocenters. The zero-order chi connectivity index (χ0) is 14.9. The minimum absolute atomic E-state index is 0.0219. The fraction of sp³-hybridized carbons (Fsp3) is 0. The van der Waals surface area contributed by atoms with E-state index >= 15 is 0 Å². The third kappa shape index (κ3) is 3.10. The summed E-state index contributed by atoms with van der Waals surface area (Å²) in [4.78, 5) is 12.0. The molecule has 0 saturated carbocycles. The smallest absolute Gasteiger partial charge is 0.259 e. The summed E-state index contributed by atoms with van der Waals surface area (Å²) in [5, 5.41) is 21.8. The van der Waals surface area contributed by atoms with E-state index in [0.717, 1.165) is 0 Å². The molecule has 0 atom stereocenters. The molecule has 3 N–H and O–H groups in total. The Morgan fingerprint density at radius 1 is 1.00 bits per heavy atom. The maximum absolute atomic E-state index is 12.0. The summed E-state index contributed by atoms with van der Waals surface area (Å²) in [5.41, 5.74) is 0.292. The lowest BCUT2D eigenvalue weighted by Crippen LogP contribution is -2.12. The van der Waals surface area contributed by atoms with Crippen LogP contribution >= 0.6 is 34.8 Å². The Labute approximate surface area is 129 Å². The molecule has 0 aliphatic carbocycles. The van der Waals surface area contributed by atoms with E-state index in [1.165, 1.54) is 30.3 Å². The zero-order valence-electron chi connectivity index (χ0n) is 9.82. The SMILES string of the molecule is O=C(Nc1ccc(O)c(Cl)c1)c1cc(Cl)cc(Cl)c1O. The van der Waals surface area contributed by atoms with Gasteiger partial charge in [0.2, 0.25) is 0 Å². The molecule has 2 rings (SSSR count). The molecule has 0 aliphatic rings. The molecule has 2 aromatic rings. The highest BCUT2D eigenvalue weighted by Gasteiger charge is 2.16. The van der Waals surface area contributed by atoms with Crippen LogP contribution in [0.15, 0.2) is 30.3 Å². The quantitative estimate of drug-likeness (QED) is 0.718. The monoisotopic (exact) mass is 331 g/mol. The molecule has 0 heterocycles. The maximum Gasteiger partial charge on any atom is 0.259 e. The van der Waals surface area contributed by atoms with Gasteiger partial charge in [-0.25, -0.2) is 0 Å². The van der Waals surface area contributed by atoms with Crippen LogP contribution in [-0.2, 0) is 0 Å². The van der Waals surface area contributed by atoms with Crippen LogP contribution in [0.5, 0.6) is 11.5 Å². The second-order valence-electron chi connectivity index (χ2n) is 3.90. The molecule has 4 nitrogen and oxygen atoms in total. The number of phenols is 2. The molecule has 0 fully saturated rings. The Morgan fingerprint density at radius 3 is 2.35 bits per heavy atom. The van der Waals surface area contributed by atoms with Gasteiger partial charge in [0.15, 0.2) is 0 Å². The normalized spacial score (nSPS) is 10.3. The molecule has 104 valence electrons. The number of amides is 1. The zero-order valence-corrected chi connectivity index (χ0v) is 12.1. The Bertz CT molecular complexity index is 689. The van der Waals surface area contributed by atoms with Gasteiger partial charge in [0.1, 0.15) is 11.5 Å². The minimum atomic E-state index is -0.603. The molecule has 0 bridgehead atoms. The van der Waals surface area contributed by atoms with E-state index in [0.29, 0.717) is 5.69 Å². The van der Waals surface area contributed by atoms with Crippen molar-refractivity contribution < 1.29 is 15.0 Å². The number of phenolic OH excluding ortho intramolecular Hbond substituents is 2. The first kappa shape index (κ1) is 14.8. The highest BCUT2D eigenvalue weighted by Crippen LogP contribution is 2.32. The predicted molar refractivity (Wildman–Crippen MR) is 79.2 cm³/mol. The fourth-order valence-corrected chi connectivity index (χ4v) is 2.20. The van der Waals surface area contributed by atoms with Crippen LogP contribution in [0.25, 0.3) is 0 Å². The van der Waals surface area contributed by atoms with Crippen molar-refractivity contribution in [3.63, 3.8) is 0 Å². The standard InChI is InChI=1S/C13H8Cl3NO3/c14-6-3-8(12(19)10(16)4-6)13(20)17-7-1-2-11(18)9(15)5-7/h1-5,18-19H,(H,17,20). The number of carbonyl (C=O) groups is 1. The lowest BCUT2D eigenvalue weighted by molar-refractivity contribution is 0.102. The van der Waals surface area contributed by atoms with E-state index in [9.17, 15) is 15.0 Å². The van der Waals surface area contributed by atoms with E-state index in [-0.39, 0.29) is 32.1 Å². The van der Waals surface area contributed by atoms with Crippen LogP contribution in [0, 0.1) is 0 Å². The van der Waals surface area contributed by atoms with Crippen molar-refractivity contribution in [3.8, 4) is 11.5 Å². The number of benzene rings is 2. The first-order valence-electron chi connectivity index (χ1n) is 5.36. The van der Waals surface area contributed by atoms with Crippen molar-refractivity contribution in [2.75, 3.05) is 5.32 Å². The Morgan fingerprint density at radius 2 is 1.70 bits per heavy atom. The maximum atomic E-state index is 12.0. The molecule has 1 amide bonds. The molecule has 0 radical (unpaired) electrons. The van der Waals surface area contributed by atoms with Crippen LogP contribution < -0.4 is 5.32 Å². The van der Waals surface area contributed by atoms with Gasteiger partial charge >= 0.3 is 0 Å². The topological polar surface area (TPSA) is 69.6 Å². The summed E-state index contributed by atoms with van der Waals surface area (Å²) >= 11 is 17.3. The third-order valence-electron chi connectivity index (χ3n) is 2.48. The van der Waals surface area contributed by atoms with E-state index in [2.05, 4.69) is 5.32 Å². The molecule has 2 aromatic carbocycles. The molecular formula is C13H8Cl3NO3. The Hall–Kier alpha value is -1.62. The highest BCUT2D eigenvalue weighted by atomic mass is 35.5. The second-order valence-corrected chi connectivity index (χ2v) is 5.15. The van der Waals surface area contributed by atoms with Gasteiger partial charge in [-0.2, -0.15) is 0 Å². The van der Waals surface area contributed by atoms with Crippen LogP contribution in [-0.4, -0.2) is 16.1 Å². The average molecular weight is 333 g/mol. The number of halogens is 3. The van der Waals surface area contributed by atoms with Crippen molar-refractivity contribution in [2.24, 2.45) is 0 Å². The number of nitrogens with one attached hydrogen (secondary N) is 1. The van der Waals surface area contributed by atoms with E-state index in [4.69, 9.17) is 34.8 Å². The molecule has 0 aromatic heterocycles. The van der Waals surface area contributed by atoms with Crippen molar-refractivity contribution in [1.29, 1.82) is 0 Å². The molecule has 20 heavy (non-hydrogen) atoms. The van der Waals surface area contributed by atoms with Gasteiger partial charge in [-0.05, 0) is 30.3 Å². The van der Waals surface area contributed by atoms with Crippen molar-refractivity contribution in [2.45, 2.75) is 0 Å². The Kier molecular flexibility index (Phi) is 4.28. The molecule has 0 aliphatic heterocycles. The van der Waals surface area contributed by atoms with Crippen LogP contribution in [0.2, 0.25) is 15.1 Å². The summed E-state index contributed by atoms with van der Waals surface area (Å²) in [6.07, 6.45) is 0. The van der Waals surface area contributed by atoms with Gasteiger partial charge in [0.25, 0.3) is 5.91 Å². The number of hydrogen-bond acceptors (Lipinski definition) is 3. The van der Waals surface area contributed by atoms with Gasteiger partial charge in [0, 0.05) is 10.7 Å². The van der Waals surface area contributed by atoms with E-state index in [1.54, 1.807) is 0 Å². The van der Waals surface area contributed by atoms with E-state index in [1.807, 2.05) is 0 Å². The molecular weight excluding hydrogens is 325 g/mol. The average Bonchev–Trinajstić information content (AvgIpc) is 2.38. The summed E-state index contributed by atoms with van der Waals surface area (Å²) < 4.78 is 0. The summed E-state index contributed by atoms with van der Waals surface area (Å²) in [5.74, 6) is -1.06. The summed E-state index contributed by atoms with van der Waals surface area (Å²) in [6, 6.07) is 6.79. The van der Waals surface area contributed by atoms with Gasteiger partial charge < -0.3 is 15.5 Å². The first-order valence-corrected chi connectivity index (χ1v) is 6.49. The van der Waals surface area contributed by atoms with Gasteiger partial charge in [-0.15, -0.1) is 0 Å². The van der Waals surface area contributed by atoms with Crippen LogP contribution in [0.1, 0.15) is 10.4 Å². The predicted octanol–water partition coefficient (Wildman–Crippen LogP) is 4.31. The number of hydrogen-bond donors (Lipinski definition) is 3. The largest absolute Gasteiger partial charge is 0.506 e. The fourth-order valence-electron chi connectivity index (χ4n) is 1.52. The van der Waals surface area contributed by atoms with Crippen LogP contribution in [0.4, 0.5) is 5.69 Å². The lowest BCUT2D eigenvalue weighted by Gasteiger charge is -2.09. The Balaban J connectivity index is 2.30. The van der Waals surface area contributed by atoms with Gasteiger partial charge in [-0.1, -0.05) is 34.8 Å². The van der Waals surface area contributed by atoms with Crippen molar-refractivity contribution in [1.82, 2.24) is 0 Å². The summed E-state index contributed by atoms with van der Waals surface area (Å²) in [6.45, 7) is 0. The second kappa shape index (κ2) is 5.79. The minimum Gasteiger partial charge on any atom is -0.506 e. The number of aromatic hydroxyl groups is 2. The highest BCUT2D eigenvalue weighted by molar-refractivity contribution is 6.36. The van der Waals surface area contributed by atoms with Gasteiger partial charge in [-0.3, -0.25) is 4.79 Å². The number of anilines is 1. The molecule has 0 spiro atoms. The molecule has 7 heteroatoms. The van der Waals surface area contributed by atoms with E-state index < -0.39 is 5.91 Å².